The van der Waals surface area contributed by atoms with Gasteiger partial charge in [0.25, 0.3) is 0 Å². The number of rotatable bonds is 5. The fraction of sp³-hybridized carbons (Fsp3) is 0.500. The van der Waals surface area contributed by atoms with Crippen LogP contribution in [-0.2, 0) is 14.8 Å². The average Bonchev–Trinajstić information content (AvgIpc) is 2.55. The maximum atomic E-state index is 12.6. The molecule has 1 unspecified atom stereocenters. The predicted molar refractivity (Wildman–Crippen MR) is 90.1 cm³/mol. The molecule has 1 fully saturated rings. The molecule has 0 aromatic heterocycles. The van der Waals surface area contributed by atoms with E-state index in [4.69, 9.17) is 10.00 Å². The first-order valence-electron chi connectivity index (χ1n) is 7.81. The topological polar surface area (TPSA) is 99.5 Å². The lowest BCUT2D eigenvalue weighted by molar-refractivity contribution is -0.120. The average molecular weight is 351 g/mol. The van der Waals surface area contributed by atoms with Gasteiger partial charge in [-0.05, 0) is 38.0 Å². The van der Waals surface area contributed by atoms with Crippen LogP contribution in [0, 0.1) is 11.3 Å². The van der Waals surface area contributed by atoms with Crippen LogP contribution in [0.4, 0.5) is 5.69 Å². The molecule has 8 heteroatoms. The highest BCUT2D eigenvalue weighted by Gasteiger charge is 2.34. The van der Waals surface area contributed by atoms with Crippen LogP contribution in [-0.4, -0.2) is 44.1 Å². The highest BCUT2D eigenvalue weighted by molar-refractivity contribution is 7.88. The van der Waals surface area contributed by atoms with Crippen molar-refractivity contribution >= 4 is 21.6 Å². The summed E-state index contributed by atoms with van der Waals surface area (Å²) in [6.07, 6.45) is 3.12. The minimum absolute atomic E-state index is 0.341. The summed E-state index contributed by atoms with van der Waals surface area (Å²) in [5.41, 5.74) is 0.761. The monoisotopic (exact) mass is 351 g/mol. The van der Waals surface area contributed by atoms with E-state index in [1.807, 2.05) is 13.0 Å². The Morgan fingerprint density at radius 3 is 2.83 bits per heavy atom. The molecule has 0 saturated carbocycles. The van der Waals surface area contributed by atoms with Crippen molar-refractivity contribution in [2.45, 2.75) is 32.2 Å². The molecular weight excluding hydrogens is 330 g/mol. The molecular formula is C16H21N3O4S. The molecule has 24 heavy (non-hydrogen) atoms. The number of nitrogens with one attached hydrogen (secondary N) is 1. The Hall–Kier alpha value is -2.11. The van der Waals surface area contributed by atoms with Gasteiger partial charge in [-0.2, -0.15) is 9.57 Å². The number of hydrogen-bond donors (Lipinski definition) is 1. The second kappa shape index (κ2) is 7.64. The lowest BCUT2D eigenvalue weighted by atomic mass is 10.0. The lowest BCUT2D eigenvalue weighted by Crippen LogP contribution is -2.49. The molecule has 1 amide bonds. The summed E-state index contributed by atoms with van der Waals surface area (Å²) in [5.74, 6) is 0.0442. The first-order chi connectivity index (χ1) is 11.4. The predicted octanol–water partition coefficient (Wildman–Crippen LogP) is 1.71. The first kappa shape index (κ1) is 18.2. The van der Waals surface area contributed by atoms with Crippen molar-refractivity contribution in [3.8, 4) is 11.8 Å². The normalized spacial score (nSPS) is 18.6. The summed E-state index contributed by atoms with van der Waals surface area (Å²) in [5, 5.41) is 11.7. The third kappa shape index (κ3) is 4.24. The number of nitriles is 1. The minimum atomic E-state index is -3.46. The number of ether oxygens (including phenoxy) is 1. The molecule has 2 rings (SSSR count). The summed E-state index contributed by atoms with van der Waals surface area (Å²) in [7, 11) is -3.46. The van der Waals surface area contributed by atoms with E-state index in [1.54, 1.807) is 12.1 Å². The second-order valence-corrected chi connectivity index (χ2v) is 7.57. The zero-order valence-electron chi connectivity index (χ0n) is 13.8. The number of amides is 1. The van der Waals surface area contributed by atoms with Gasteiger partial charge in [0.2, 0.25) is 15.9 Å². The van der Waals surface area contributed by atoms with Gasteiger partial charge in [0.05, 0.1) is 30.2 Å². The van der Waals surface area contributed by atoms with Crippen LogP contribution in [0.5, 0.6) is 5.75 Å². The summed E-state index contributed by atoms with van der Waals surface area (Å²) < 4.78 is 30.5. The number of sulfonamides is 1. The number of carbonyl (C=O) groups excluding carboxylic acids is 1. The van der Waals surface area contributed by atoms with Gasteiger partial charge in [0, 0.05) is 6.54 Å². The van der Waals surface area contributed by atoms with Crippen LogP contribution in [0.3, 0.4) is 0 Å². The maximum Gasteiger partial charge on any atom is 0.242 e. The molecule has 0 spiro atoms. The molecule has 0 radical (unpaired) electrons. The number of carbonyl (C=O) groups is 1. The molecule has 1 saturated heterocycles. The van der Waals surface area contributed by atoms with Crippen molar-refractivity contribution < 1.29 is 17.9 Å². The summed E-state index contributed by atoms with van der Waals surface area (Å²) in [6, 6.07) is 6.01. The van der Waals surface area contributed by atoms with E-state index in [0.29, 0.717) is 36.6 Å². The van der Waals surface area contributed by atoms with E-state index in [-0.39, 0.29) is 0 Å². The zero-order chi connectivity index (χ0) is 17.7. The van der Waals surface area contributed by atoms with Crippen LogP contribution < -0.4 is 10.1 Å². The van der Waals surface area contributed by atoms with Gasteiger partial charge in [-0.15, -0.1) is 0 Å². The number of hydrogen-bond acceptors (Lipinski definition) is 5. The Morgan fingerprint density at radius 1 is 1.46 bits per heavy atom. The van der Waals surface area contributed by atoms with Gasteiger partial charge in [0.1, 0.15) is 11.8 Å². The summed E-state index contributed by atoms with van der Waals surface area (Å²) in [4.78, 5) is 12.6. The molecule has 7 nitrogen and oxygen atoms in total. The van der Waals surface area contributed by atoms with Crippen LogP contribution in [0.15, 0.2) is 18.2 Å². The third-order valence-electron chi connectivity index (χ3n) is 3.85. The Balaban J connectivity index is 2.26. The van der Waals surface area contributed by atoms with Gasteiger partial charge >= 0.3 is 0 Å². The van der Waals surface area contributed by atoms with E-state index in [9.17, 15) is 13.2 Å². The van der Waals surface area contributed by atoms with Crippen molar-refractivity contribution in [2.75, 3.05) is 24.7 Å². The van der Waals surface area contributed by atoms with Crippen molar-refractivity contribution in [3.63, 3.8) is 0 Å². The van der Waals surface area contributed by atoms with Gasteiger partial charge in [-0.25, -0.2) is 8.42 Å². The van der Waals surface area contributed by atoms with Gasteiger partial charge in [-0.3, -0.25) is 4.79 Å². The molecule has 130 valence electrons. The van der Waals surface area contributed by atoms with Gasteiger partial charge in [-0.1, -0.05) is 6.42 Å². The van der Waals surface area contributed by atoms with Gasteiger partial charge in [0.15, 0.2) is 0 Å². The molecule has 1 atom stereocenters. The highest BCUT2D eigenvalue weighted by Crippen LogP contribution is 2.28. The Kier molecular flexibility index (Phi) is 5.80. The molecule has 1 N–H and O–H groups in total. The number of anilines is 1. The Labute approximate surface area is 142 Å². The molecule has 0 aliphatic carbocycles. The van der Waals surface area contributed by atoms with E-state index < -0.39 is 22.0 Å². The van der Waals surface area contributed by atoms with Crippen LogP contribution in [0.2, 0.25) is 0 Å². The van der Waals surface area contributed by atoms with E-state index in [2.05, 4.69) is 5.32 Å². The first-order valence-corrected chi connectivity index (χ1v) is 9.66. The lowest BCUT2D eigenvalue weighted by Gasteiger charge is -2.32. The Morgan fingerprint density at radius 2 is 2.21 bits per heavy atom. The molecule has 1 aromatic rings. The largest absolute Gasteiger partial charge is 0.492 e. The zero-order valence-corrected chi connectivity index (χ0v) is 14.6. The van der Waals surface area contributed by atoms with E-state index in [0.717, 1.165) is 19.1 Å². The minimum Gasteiger partial charge on any atom is -0.492 e. The molecule has 1 aromatic carbocycles. The van der Waals surface area contributed by atoms with Gasteiger partial charge < -0.3 is 10.1 Å². The Bertz CT molecular complexity index is 755. The van der Waals surface area contributed by atoms with Crippen molar-refractivity contribution in [2.24, 2.45) is 0 Å². The standard InChI is InChI=1S/C16H21N3O4S/c1-3-23-15-8-7-12(11-17)10-13(15)18-16(20)14-6-4-5-9-19(14)24(2,21)22/h7-8,10,14H,3-6,9H2,1-2H3,(H,18,20). The van der Waals surface area contributed by atoms with Crippen LogP contribution in [0.1, 0.15) is 31.7 Å². The quantitative estimate of drug-likeness (QED) is 0.870. The summed E-state index contributed by atoms with van der Waals surface area (Å²) >= 11 is 0. The smallest absolute Gasteiger partial charge is 0.242 e. The van der Waals surface area contributed by atoms with E-state index in [1.165, 1.54) is 10.4 Å². The highest BCUT2D eigenvalue weighted by atomic mass is 32.2. The van der Waals surface area contributed by atoms with Crippen molar-refractivity contribution in [1.29, 1.82) is 5.26 Å². The molecule has 1 aliphatic heterocycles. The van der Waals surface area contributed by atoms with Crippen molar-refractivity contribution in [1.82, 2.24) is 4.31 Å². The molecule has 1 heterocycles. The molecule has 1 aliphatic rings. The SMILES string of the molecule is CCOc1ccc(C#N)cc1NC(=O)C1CCCCN1S(C)(=O)=O. The molecule has 0 bridgehead atoms. The maximum absolute atomic E-state index is 12.6. The van der Waals surface area contributed by atoms with E-state index >= 15 is 0 Å². The number of benzene rings is 1. The second-order valence-electron chi connectivity index (χ2n) is 5.63. The summed E-state index contributed by atoms with van der Waals surface area (Å²) in [6.45, 7) is 2.57. The van der Waals surface area contributed by atoms with Crippen LogP contribution >= 0.6 is 0 Å². The third-order valence-corrected chi connectivity index (χ3v) is 5.14. The number of nitrogens with zero attached hydrogens (tertiary/aromatic N) is 2. The number of piperidine rings is 1. The van der Waals surface area contributed by atoms with Crippen LogP contribution in [0.25, 0.3) is 0 Å². The fourth-order valence-electron chi connectivity index (χ4n) is 2.76. The van der Waals surface area contributed by atoms with Crippen molar-refractivity contribution in [3.05, 3.63) is 23.8 Å². The fourth-order valence-corrected chi connectivity index (χ4v) is 3.88.